The lowest BCUT2D eigenvalue weighted by Gasteiger charge is -2.07. The van der Waals surface area contributed by atoms with Gasteiger partial charge in [0.2, 0.25) is 0 Å². The van der Waals surface area contributed by atoms with E-state index in [4.69, 9.17) is 0 Å². The molecule has 0 fully saturated rings. The highest BCUT2D eigenvalue weighted by atomic mass is 32.2. The molecule has 0 amide bonds. The van der Waals surface area contributed by atoms with E-state index in [0.717, 1.165) is 18.1 Å². The molecular weight excluding hydrogens is 292 g/mol. The summed E-state index contributed by atoms with van der Waals surface area (Å²) in [5, 5.41) is 0.910. The Balaban J connectivity index is 0.000000254. The van der Waals surface area contributed by atoms with Crippen molar-refractivity contribution in [2.75, 3.05) is 6.26 Å². The highest BCUT2D eigenvalue weighted by Crippen LogP contribution is 2.39. The van der Waals surface area contributed by atoms with Crippen molar-refractivity contribution in [3.05, 3.63) is 77.2 Å². The van der Waals surface area contributed by atoms with Crippen LogP contribution in [0.4, 0.5) is 0 Å². The molecule has 2 aromatic carbocycles. The third kappa shape index (κ3) is 3.37. The lowest BCUT2D eigenvalue weighted by molar-refractivity contribution is 0.610. The molecule has 0 radical (unpaired) electrons. The Labute approximate surface area is 132 Å². The molecule has 0 atom stereocenters. The minimum absolute atomic E-state index is 0.910. The first kappa shape index (κ1) is 16.2. The minimum atomic E-state index is -2.90. The van der Waals surface area contributed by atoms with Crippen LogP contribution in [0, 0.1) is 6.92 Å². The molecule has 1 aliphatic rings. The first-order valence-electron chi connectivity index (χ1n) is 7.03. The van der Waals surface area contributed by atoms with Gasteiger partial charge in [0.15, 0.2) is 9.84 Å². The summed E-state index contributed by atoms with van der Waals surface area (Å²) in [6.07, 6.45) is 4.13. The van der Waals surface area contributed by atoms with Gasteiger partial charge in [-0.15, -0.1) is 0 Å². The van der Waals surface area contributed by atoms with Crippen LogP contribution in [-0.2, 0) is 16.3 Å². The fourth-order valence-corrected chi connectivity index (χ4v) is 2.64. The summed E-state index contributed by atoms with van der Waals surface area (Å²) in [6.45, 7) is 9.13. The van der Waals surface area contributed by atoms with E-state index in [0.29, 0.717) is 0 Å². The summed E-state index contributed by atoms with van der Waals surface area (Å²) < 4.78 is 19.8. The van der Waals surface area contributed by atoms with Crippen LogP contribution in [0.25, 0.3) is 17.2 Å². The topological polar surface area (TPSA) is 34.1 Å². The fraction of sp³-hybridized carbons (Fsp3) is 0.158. The monoisotopic (exact) mass is 312 g/mol. The van der Waals surface area contributed by atoms with Crippen molar-refractivity contribution in [2.45, 2.75) is 13.3 Å². The van der Waals surface area contributed by atoms with E-state index in [1.165, 1.54) is 33.4 Å². The Kier molecular flexibility index (Phi) is 4.67. The second-order valence-corrected chi connectivity index (χ2v) is 7.35. The second kappa shape index (κ2) is 6.32. The highest BCUT2D eigenvalue weighted by molar-refractivity contribution is 7.93. The van der Waals surface area contributed by atoms with Crippen molar-refractivity contribution < 1.29 is 8.42 Å². The van der Waals surface area contributed by atoms with Gasteiger partial charge in [-0.25, -0.2) is 8.42 Å². The Morgan fingerprint density at radius 1 is 1.05 bits per heavy atom. The van der Waals surface area contributed by atoms with E-state index in [2.05, 4.69) is 56.5 Å². The summed E-state index contributed by atoms with van der Waals surface area (Å²) >= 11 is 0. The fourth-order valence-electron chi connectivity index (χ4n) is 2.64. The van der Waals surface area contributed by atoms with Crippen LogP contribution in [0.1, 0.15) is 22.3 Å². The molecule has 1 aliphatic carbocycles. The third-order valence-electron chi connectivity index (χ3n) is 3.76. The van der Waals surface area contributed by atoms with Crippen molar-refractivity contribution in [1.29, 1.82) is 0 Å². The lowest BCUT2D eigenvalue weighted by Crippen LogP contribution is -1.89. The highest BCUT2D eigenvalue weighted by Gasteiger charge is 2.20. The molecule has 22 heavy (non-hydrogen) atoms. The zero-order chi connectivity index (χ0) is 16.3. The van der Waals surface area contributed by atoms with Crippen LogP contribution in [0.3, 0.4) is 0 Å². The number of fused-ring (bicyclic) bond motifs is 3. The number of rotatable bonds is 2. The van der Waals surface area contributed by atoms with Crippen LogP contribution in [0.2, 0.25) is 0 Å². The number of hydrogen-bond donors (Lipinski definition) is 0. The van der Waals surface area contributed by atoms with Crippen LogP contribution < -0.4 is 0 Å². The zero-order valence-electron chi connectivity index (χ0n) is 13.0. The van der Waals surface area contributed by atoms with Crippen molar-refractivity contribution in [2.24, 2.45) is 0 Å². The van der Waals surface area contributed by atoms with E-state index < -0.39 is 9.84 Å². The standard InChI is InChI=1S/C16H14.C3H6O2S/c1-3-13-11(2)8-9-15-14-7-5-4-6-12(14)10-16(13)15;1-3-6(2,4)5/h3-9H,1,10H2,2H3;3H,1H2,2H3. The lowest BCUT2D eigenvalue weighted by atomic mass is 9.97. The van der Waals surface area contributed by atoms with E-state index in [-0.39, 0.29) is 0 Å². The molecule has 2 aromatic rings. The summed E-state index contributed by atoms with van der Waals surface area (Å²) in [5.74, 6) is 0. The van der Waals surface area contributed by atoms with Gasteiger partial charge in [0.1, 0.15) is 0 Å². The maximum absolute atomic E-state index is 9.88. The van der Waals surface area contributed by atoms with Gasteiger partial charge in [0.05, 0.1) is 0 Å². The SMILES string of the molecule is C=CS(C)(=O)=O.C=Cc1c(C)ccc2c1Cc1ccccc1-2. The first-order valence-corrected chi connectivity index (χ1v) is 8.98. The van der Waals surface area contributed by atoms with Crippen molar-refractivity contribution in [3.63, 3.8) is 0 Å². The van der Waals surface area contributed by atoms with E-state index >= 15 is 0 Å². The molecule has 0 aliphatic heterocycles. The second-order valence-electron chi connectivity index (χ2n) is 5.36. The zero-order valence-corrected chi connectivity index (χ0v) is 13.8. The van der Waals surface area contributed by atoms with E-state index in [9.17, 15) is 8.42 Å². The van der Waals surface area contributed by atoms with Gasteiger partial charge in [-0.2, -0.15) is 0 Å². The maximum Gasteiger partial charge on any atom is 0.168 e. The van der Waals surface area contributed by atoms with Gasteiger partial charge in [-0.1, -0.05) is 55.6 Å². The van der Waals surface area contributed by atoms with E-state index in [1.54, 1.807) is 0 Å². The molecule has 0 saturated heterocycles. The predicted octanol–water partition coefficient (Wildman–Crippen LogP) is 4.38. The smallest absolute Gasteiger partial charge is 0.168 e. The molecule has 0 unspecified atom stereocenters. The largest absolute Gasteiger partial charge is 0.225 e. The molecular formula is C19H20O2S. The average Bonchev–Trinajstić information content (AvgIpc) is 2.85. The van der Waals surface area contributed by atoms with Gasteiger partial charge in [-0.3, -0.25) is 0 Å². The van der Waals surface area contributed by atoms with E-state index in [1.807, 2.05) is 6.08 Å². The van der Waals surface area contributed by atoms with Crippen LogP contribution in [0.5, 0.6) is 0 Å². The summed E-state index contributed by atoms with van der Waals surface area (Å²) in [7, 11) is -2.90. The van der Waals surface area contributed by atoms with Gasteiger partial charge >= 0.3 is 0 Å². The molecule has 0 spiro atoms. The van der Waals surface area contributed by atoms with Crippen LogP contribution >= 0.6 is 0 Å². The molecule has 114 valence electrons. The molecule has 3 rings (SSSR count). The summed E-state index contributed by atoms with van der Waals surface area (Å²) in [6, 6.07) is 13.1. The van der Waals surface area contributed by atoms with Gasteiger partial charge in [0, 0.05) is 11.7 Å². The number of benzene rings is 2. The quantitative estimate of drug-likeness (QED) is 0.703. The molecule has 0 bridgehead atoms. The Bertz CT molecular complexity index is 819. The van der Waals surface area contributed by atoms with Gasteiger partial charge in [0.25, 0.3) is 0 Å². The number of hydrogen-bond acceptors (Lipinski definition) is 2. The summed E-state index contributed by atoms with van der Waals surface area (Å²) in [5.41, 5.74) is 8.29. The maximum atomic E-state index is 9.88. The normalized spacial score (nSPS) is 11.7. The van der Waals surface area contributed by atoms with Crippen molar-refractivity contribution in [1.82, 2.24) is 0 Å². The van der Waals surface area contributed by atoms with Gasteiger partial charge in [-0.05, 0) is 46.7 Å². The minimum Gasteiger partial charge on any atom is -0.225 e. The molecule has 0 heterocycles. The van der Waals surface area contributed by atoms with Crippen LogP contribution in [-0.4, -0.2) is 14.7 Å². The first-order chi connectivity index (χ1) is 10.4. The molecule has 0 saturated carbocycles. The Morgan fingerprint density at radius 3 is 2.27 bits per heavy atom. The van der Waals surface area contributed by atoms with Crippen molar-refractivity contribution >= 4 is 15.9 Å². The molecule has 2 nitrogen and oxygen atoms in total. The molecule has 3 heteroatoms. The Morgan fingerprint density at radius 2 is 1.68 bits per heavy atom. The van der Waals surface area contributed by atoms with Crippen molar-refractivity contribution in [3.8, 4) is 11.1 Å². The Hall–Kier alpha value is -2.13. The average molecular weight is 312 g/mol. The summed E-state index contributed by atoms with van der Waals surface area (Å²) in [4.78, 5) is 0. The third-order valence-corrected chi connectivity index (χ3v) is 4.36. The van der Waals surface area contributed by atoms with Gasteiger partial charge < -0.3 is 0 Å². The number of aryl methyl sites for hydroxylation is 1. The van der Waals surface area contributed by atoms with Crippen LogP contribution in [0.15, 0.2) is 55.0 Å². The number of sulfone groups is 1. The molecule has 0 aromatic heterocycles. The molecule has 0 N–H and O–H groups in total. The predicted molar refractivity (Wildman–Crippen MR) is 94.6 cm³/mol.